The van der Waals surface area contributed by atoms with E-state index in [1.165, 1.54) is 6.07 Å². The predicted molar refractivity (Wildman–Crippen MR) is 75.8 cm³/mol. The summed E-state index contributed by atoms with van der Waals surface area (Å²) in [6.45, 7) is 0.857. The van der Waals surface area contributed by atoms with Crippen molar-refractivity contribution in [1.29, 1.82) is 0 Å². The van der Waals surface area contributed by atoms with Crippen LogP contribution in [0.25, 0.3) is 0 Å². The summed E-state index contributed by atoms with van der Waals surface area (Å²) in [5.74, 6) is -0.182. The summed E-state index contributed by atoms with van der Waals surface area (Å²) < 4.78 is 19.1. The Balaban J connectivity index is 1.95. The molecule has 108 valence electrons. The zero-order chi connectivity index (χ0) is 14.5. The van der Waals surface area contributed by atoms with Crippen LogP contribution in [0.1, 0.15) is 18.4 Å². The second-order valence-corrected chi connectivity index (χ2v) is 4.92. The number of anilines is 1. The van der Waals surface area contributed by atoms with Crippen molar-refractivity contribution in [3.05, 3.63) is 41.4 Å². The molecule has 0 aliphatic carbocycles. The van der Waals surface area contributed by atoms with Crippen LogP contribution in [0.2, 0.25) is 0 Å². The summed E-state index contributed by atoms with van der Waals surface area (Å²) in [4.78, 5) is 13.5. The molecule has 1 aromatic rings. The van der Waals surface area contributed by atoms with Gasteiger partial charge in [0, 0.05) is 20.6 Å². The number of hydrogen-bond acceptors (Lipinski definition) is 3. The van der Waals surface area contributed by atoms with E-state index in [9.17, 15) is 9.18 Å². The minimum atomic E-state index is -0.296. The fourth-order valence-corrected chi connectivity index (χ4v) is 2.01. The Labute approximate surface area is 118 Å². The summed E-state index contributed by atoms with van der Waals surface area (Å²) >= 11 is 0. The molecule has 0 fully saturated rings. The third-order valence-electron chi connectivity index (χ3n) is 3.11. The molecule has 0 spiro atoms. The number of amides is 1. The van der Waals surface area contributed by atoms with Crippen LogP contribution in [0.4, 0.5) is 10.1 Å². The van der Waals surface area contributed by atoms with Gasteiger partial charge in [-0.2, -0.15) is 0 Å². The molecule has 0 radical (unpaired) electrons. The number of carbonyl (C=O) groups excluding carboxylic acids is 1. The maximum absolute atomic E-state index is 13.8. The summed E-state index contributed by atoms with van der Waals surface area (Å²) in [7, 11) is 3.57. The van der Waals surface area contributed by atoms with E-state index in [2.05, 4.69) is 5.32 Å². The van der Waals surface area contributed by atoms with E-state index in [0.717, 1.165) is 18.4 Å². The van der Waals surface area contributed by atoms with Gasteiger partial charge in [-0.1, -0.05) is 6.07 Å². The molecular weight excluding hydrogens is 259 g/mol. The van der Waals surface area contributed by atoms with Crippen molar-refractivity contribution >= 4 is 11.6 Å². The molecule has 1 aliphatic rings. The molecule has 1 amide bonds. The van der Waals surface area contributed by atoms with E-state index in [1.54, 1.807) is 37.2 Å². The average molecular weight is 278 g/mol. The Bertz CT molecular complexity index is 527. The van der Waals surface area contributed by atoms with Crippen LogP contribution in [0.3, 0.4) is 0 Å². The van der Waals surface area contributed by atoms with Crippen LogP contribution in [0.15, 0.2) is 30.0 Å². The van der Waals surface area contributed by atoms with Gasteiger partial charge in [0.05, 0.1) is 12.3 Å². The summed E-state index contributed by atoms with van der Waals surface area (Å²) in [5, 5.41) is 2.73. The van der Waals surface area contributed by atoms with Crippen molar-refractivity contribution in [2.75, 3.05) is 25.6 Å². The topological polar surface area (TPSA) is 41.6 Å². The molecular formula is C15H19FN2O2. The Hall–Kier alpha value is -2.04. The van der Waals surface area contributed by atoms with Crippen LogP contribution in [-0.4, -0.2) is 26.6 Å². The summed E-state index contributed by atoms with van der Waals surface area (Å²) in [6.07, 6.45) is 3.58. The smallest absolute Gasteiger partial charge is 0.286 e. The summed E-state index contributed by atoms with van der Waals surface area (Å²) in [5.41, 5.74) is 1.25. The van der Waals surface area contributed by atoms with Crippen LogP contribution in [0, 0.1) is 5.82 Å². The molecule has 0 atom stereocenters. The van der Waals surface area contributed by atoms with E-state index < -0.39 is 0 Å². The molecule has 0 saturated heterocycles. The molecule has 1 aliphatic heterocycles. The lowest BCUT2D eigenvalue weighted by Crippen LogP contribution is -2.27. The number of nitrogens with zero attached hydrogens (tertiary/aromatic N) is 1. The van der Waals surface area contributed by atoms with Crippen molar-refractivity contribution in [2.24, 2.45) is 0 Å². The first-order valence-corrected chi connectivity index (χ1v) is 6.65. The first-order valence-electron chi connectivity index (χ1n) is 6.65. The second-order valence-electron chi connectivity index (χ2n) is 4.92. The predicted octanol–water partition coefficient (Wildman–Crippen LogP) is 2.20. The van der Waals surface area contributed by atoms with Crippen molar-refractivity contribution < 1.29 is 13.9 Å². The molecule has 1 heterocycles. The lowest BCUT2D eigenvalue weighted by atomic mass is 10.2. The van der Waals surface area contributed by atoms with Crippen molar-refractivity contribution in [2.45, 2.75) is 19.4 Å². The van der Waals surface area contributed by atoms with E-state index >= 15 is 0 Å². The number of ether oxygens (including phenoxy) is 1. The zero-order valence-corrected chi connectivity index (χ0v) is 11.8. The standard InChI is InChI=1S/C15H19FN2O2/c1-18(2)13-7-6-11(9-12(13)16)10-17-15(19)14-5-3-4-8-20-14/h5-7,9H,3-4,8,10H2,1-2H3,(H,17,19). The molecule has 0 saturated carbocycles. The average Bonchev–Trinajstić information content (AvgIpc) is 2.45. The first-order chi connectivity index (χ1) is 9.58. The highest BCUT2D eigenvalue weighted by atomic mass is 19.1. The van der Waals surface area contributed by atoms with Gasteiger partial charge in [-0.15, -0.1) is 0 Å². The molecule has 5 heteroatoms. The molecule has 1 aromatic carbocycles. The van der Waals surface area contributed by atoms with Gasteiger partial charge < -0.3 is 15.0 Å². The van der Waals surface area contributed by atoms with E-state index in [4.69, 9.17) is 4.74 Å². The number of halogens is 1. The number of nitrogens with one attached hydrogen (secondary N) is 1. The van der Waals surface area contributed by atoms with Crippen molar-refractivity contribution in [1.82, 2.24) is 5.32 Å². The van der Waals surface area contributed by atoms with Crippen LogP contribution < -0.4 is 10.2 Å². The molecule has 2 rings (SSSR count). The number of hydrogen-bond donors (Lipinski definition) is 1. The lowest BCUT2D eigenvalue weighted by molar-refractivity contribution is -0.121. The highest BCUT2D eigenvalue weighted by molar-refractivity contribution is 5.91. The normalized spacial score (nSPS) is 14.2. The number of rotatable bonds is 4. The number of allylic oxidation sites excluding steroid dienone is 1. The molecule has 1 N–H and O–H groups in total. The first kappa shape index (κ1) is 14.4. The summed E-state index contributed by atoms with van der Waals surface area (Å²) in [6, 6.07) is 4.94. The zero-order valence-electron chi connectivity index (χ0n) is 11.8. The van der Waals surface area contributed by atoms with Gasteiger partial charge in [0.2, 0.25) is 0 Å². The highest BCUT2D eigenvalue weighted by Crippen LogP contribution is 2.18. The van der Waals surface area contributed by atoms with Gasteiger partial charge in [0.1, 0.15) is 5.82 Å². The third kappa shape index (κ3) is 3.50. The van der Waals surface area contributed by atoms with E-state index in [0.29, 0.717) is 18.1 Å². The number of carbonyl (C=O) groups is 1. The van der Waals surface area contributed by atoms with Gasteiger partial charge in [-0.05, 0) is 36.6 Å². The van der Waals surface area contributed by atoms with Gasteiger partial charge in [0.25, 0.3) is 5.91 Å². The second kappa shape index (κ2) is 6.41. The Morgan fingerprint density at radius 2 is 2.25 bits per heavy atom. The van der Waals surface area contributed by atoms with E-state index in [1.807, 2.05) is 0 Å². The third-order valence-corrected chi connectivity index (χ3v) is 3.11. The van der Waals surface area contributed by atoms with Gasteiger partial charge in [-0.25, -0.2) is 4.39 Å². The number of benzene rings is 1. The maximum Gasteiger partial charge on any atom is 0.286 e. The van der Waals surface area contributed by atoms with Crippen LogP contribution in [0.5, 0.6) is 0 Å². The van der Waals surface area contributed by atoms with Crippen molar-refractivity contribution in [3.8, 4) is 0 Å². The lowest BCUT2D eigenvalue weighted by Gasteiger charge is -2.16. The minimum absolute atomic E-state index is 0.248. The Kier molecular flexibility index (Phi) is 4.61. The van der Waals surface area contributed by atoms with Gasteiger partial charge in [-0.3, -0.25) is 4.79 Å². The van der Waals surface area contributed by atoms with E-state index in [-0.39, 0.29) is 18.3 Å². The molecule has 20 heavy (non-hydrogen) atoms. The monoisotopic (exact) mass is 278 g/mol. The van der Waals surface area contributed by atoms with Crippen LogP contribution >= 0.6 is 0 Å². The largest absolute Gasteiger partial charge is 0.488 e. The minimum Gasteiger partial charge on any atom is -0.488 e. The maximum atomic E-state index is 13.8. The Morgan fingerprint density at radius 1 is 1.45 bits per heavy atom. The Morgan fingerprint density at radius 3 is 2.85 bits per heavy atom. The van der Waals surface area contributed by atoms with Gasteiger partial charge in [0.15, 0.2) is 5.76 Å². The molecule has 4 nitrogen and oxygen atoms in total. The molecule has 0 unspecified atom stereocenters. The highest BCUT2D eigenvalue weighted by Gasteiger charge is 2.13. The molecule has 0 bridgehead atoms. The SMILES string of the molecule is CN(C)c1ccc(CNC(=O)C2=CCCCO2)cc1F. The van der Waals surface area contributed by atoms with Crippen molar-refractivity contribution in [3.63, 3.8) is 0 Å². The fourth-order valence-electron chi connectivity index (χ4n) is 2.01. The molecule has 0 aromatic heterocycles. The van der Waals surface area contributed by atoms with Gasteiger partial charge >= 0.3 is 0 Å². The quantitative estimate of drug-likeness (QED) is 0.918. The van der Waals surface area contributed by atoms with Crippen LogP contribution in [-0.2, 0) is 16.1 Å². The fraction of sp³-hybridized carbons (Fsp3) is 0.400.